The molecular formula is C17H14ClN2O5-. The Labute approximate surface area is 148 Å². The summed E-state index contributed by atoms with van der Waals surface area (Å²) in [6, 6.07) is 9.62. The van der Waals surface area contributed by atoms with Crippen LogP contribution in [0, 0.1) is 17.0 Å². The van der Waals surface area contributed by atoms with Gasteiger partial charge < -0.3 is 15.2 Å². The van der Waals surface area contributed by atoms with Crippen LogP contribution in [0.3, 0.4) is 0 Å². The van der Waals surface area contributed by atoms with E-state index in [0.717, 1.165) is 0 Å². The van der Waals surface area contributed by atoms with Crippen molar-refractivity contribution in [3.05, 3.63) is 74.3 Å². The molecule has 25 heavy (non-hydrogen) atoms. The molecule has 0 radical (unpaired) electrons. The van der Waals surface area contributed by atoms with Gasteiger partial charge in [-0.05, 0) is 30.7 Å². The van der Waals surface area contributed by atoms with E-state index < -0.39 is 29.3 Å². The number of carbonyl (C=O) groups excluding carboxylic acids is 2. The van der Waals surface area contributed by atoms with Crippen LogP contribution in [0.5, 0.6) is 0 Å². The van der Waals surface area contributed by atoms with E-state index >= 15 is 0 Å². The van der Waals surface area contributed by atoms with Crippen LogP contribution in [0.2, 0.25) is 5.02 Å². The molecule has 7 nitrogen and oxygen atoms in total. The highest BCUT2D eigenvalue weighted by atomic mass is 35.5. The lowest BCUT2D eigenvalue weighted by molar-refractivity contribution is -0.385. The quantitative estimate of drug-likeness (QED) is 0.625. The third-order valence-electron chi connectivity index (χ3n) is 3.70. The molecule has 1 N–H and O–H groups in total. The minimum Gasteiger partial charge on any atom is -0.550 e. The predicted octanol–water partition coefficient (Wildman–Crippen LogP) is 2.17. The van der Waals surface area contributed by atoms with Crippen LogP contribution in [0.25, 0.3) is 0 Å². The van der Waals surface area contributed by atoms with Crippen molar-refractivity contribution in [3.8, 4) is 0 Å². The molecule has 0 aliphatic heterocycles. The van der Waals surface area contributed by atoms with Gasteiger partial charge in [-0.15, -0.1) is 0 Å². The summed E-state index contributed by atoms with van der Waals surface area (Å²) in [4.78, 5) is 33.9. The molecule has 0 spiro atoms. The number of amides is 1. The zero-order valence-electron chi connectivity index (χ0n) is 13.2. The van der Waals surface area contributed by atoms with Gasteiger partial charge >= 0.3 is 0 Å². The number of hydrogen-bond donors (Lipinski definition) is 1. The minimum absolute atomic E-state index is 0.103. The van der Waals surface area contributed by atoms with Gasteiger partial charge in [0.25, 0.3) is 11.6 Å². The maximum Gasteiger partial charge on any atom is 0.273 e. The predicted molar refractivity (Wildman–Crippen MR) is 89.1 cm³/mol. The Hall–Kier alpha value is -2.93. The Morgan fingerprint density at radius 1 is 1.20 bits per heavy atom. The van der Waals surface area contributed by atoms with E-state index in [2.05, 4.69) is 5.32 Å². The van der Waals surface area contributed by atoms with Crippen molar-refractivity contribution >= 4 is 29.2 Å². The minimum atomic E-state index is -1.34. The molecule has 8 heteroatoms. The van der Waals surface area contributed by atoms with Crippen molar-refractivity contribution in [1.82, 2.24) is 5.32 Å². The zero-order chi connectivity index (χ0) is 18.6. The van der Waals surface area contributed by atoms with Crippen molar-refractivity contribution in [2.75, 3.05) is 0 Å². The topological polar surface area (TPSA) is 112 Å². The van der Waals surface area contributed by atoms with Crippen LogP contribution in [0.15, 0.2) is 42.5 Å². The largest absolute Gasteiger partial charge is 0.550 e. The summed E-state index contributed by atoms with van der Waals surface area (Å²) in [6.45, 7) is 1.46. The molecule has 2 aromatic carbocycles. The number of nitrogens with zero attached hydrogens (tertiary/aromatic N) is 1. The number of hydrogen-bond acceptors (Lipinski definition) is 5. The number of carbonyl (C=O) groups is 2. The summed E-state index contributed by atoms with van der Waals surface area (Å²) in [7, 11) is 0. The summed E-state index contributed by atoms with van der Waals surface area (Å²) in [5.41, 5.74) is 0.653. The first-order valence-corrected chi connectivity index (χ1v) is 7.67. The Bertz CT molecular complexity index is 820. The maximum absolute atomic E-state index is 12.5. The number of benzene rings is 2. The van der Waals surface area contributed by atoms with Crippen molar-refractivity contribution < 1.29 is 19.6 Å². The highest BCUT2D eigenvalue weighted by Gasteiger charge is 2.21. The fraction of sp³-hybridized carbons (Fsp3) is 0.176. The number of nitro benzene ring substituents is 1. The molecule has 0 saturated carbocycles. The molecule has 0 aliphatic carbocycles. The molecule has 0 fully saturated rings. The molecule has 1 amide bonds. The number of carboxylic acid groups (broad SMARTS) is 1. The number of carboxylic acids is 1. The second-order valence-corrected chi connectivity index (χ2v) is 5.80. The molecule has 0 aromatic heterocycles. The van der Waals surface area contributed by atoms with Gasteiger partial charge in [-0.2, -0.15) is 0 Å². The van der Waals surface area contributed by atoms with Gasteiger partial charge in [0, 0.05) is 34.6 Å². The average Bonchev–Trinajstić information content (AvgIpc) is 2.54. The smallest absolute Gasteiger partial charge is 0.273 e. The van der Waals surface area contributed by atoms with Crippen molar-refractivity contribution in [1.29, 1.82) is 0 Å². The Balaban J connectivity index is 2.31. The summed E-state index contributed by atoms with van der Waals surface area (Å²) >= 11 is 5.81. The van der Waals surface area contributed by atoms with E-state index in [1.807, 2.05) is 0 Å². The first kappa shape index (κ1) is 18.4. The molecule has 0 bridgehead atoms. The Morgan fingerprint density at radius 3 is 2.40 bits per heavy atom. The third kappa shape index (κ3) is 4.54. The lowest BCUT2D eigenvalue weighted by Gasteiger charge is -2.20. The van der Waals surface area contributed by atoms with Gasteiger partial charge in [0.2, 0.25) is 0 Å². The number of aliphatic carboxylic acids is 1. The highest BCUT2D eigenvalue weighted by molar-refractivity contribution is 6.30. The van der Waals surface area contributed by atoms with E-state index in [1.165, 1.54) is 25.1 Å². The van der Waals surface area contributed by atoms with E-state index in [0.29, 0.717) is 10.6 Å². The Kier molecular flexibility index (Phi) is 5.71. The van der Waals surface area contributed by atoms with E-state index in [4.69, 9.17) is 11.6 Å². The lowest BCUT2D eigenvalue weighted by Crippen LogP contribution is -2.34. The van der Waals surface area contributed by atoms with Crippen molar-refractivity contribution in [2.45, 2.75) is 19.4 Å². The normalized spacial score (nSPS) is 11.6. The van der Waals surface area contributed by atoms with Crippen molar-refractivity contribution in [3.63, 3.8) is 0 Å². The standard InChI is InChI=1S/C17H15ClN2O5/c1-10-13(3-2-4-15(10)20(24)25)17(23)19-14(9-16(21)22)11-5-7-12(18)8-6-11/h2-8,14H,9H2,1H3,(H,19,23)(H,21,22)/p-1/t14-/m1/s1. The summed E-state index contributed by atoms with van der Waals surface area (Å²) in [6.07, 6.45) is -0.443. The second-order valence-electron chi connectivity index (χ2n) is 5.36. The fourth-order valence-corrected chi connectivity index (χ4v) is 2.54. The van der Waals surface area contributed by atoms with Gasteiger partial charge in [-0.3, -0.25) is 14.9 Å². The molecule has 1 atom stereocenters. The zero-order valence-corrected chi connectivity index (χ0v) is 13.9. The van der Waals surface area contributed by atoms with Crippen LogP contribution in [-0.4, -0.2) is 16.8 Å². The van der Waals surface area contributed by atoms with Gasteiger partial charge in [0.1, 0.15) is 0 Å². The number of halogens is 1. The van der Waals surface area contributed by atoms with Gasteiger partial charge in [0.15, 0.2) is 0 Å². The molecule has 0 aliphatic rings. The fourth-order valence-electron chi connectivity index (χ4n) is 2.42. The molecule has 0 heterocycles. The SMILES string of the molecule is Cc1c(C(=O)N[C@H](CC(=O)[O-])c2ccc(Cl)cc2)cccc1[N+](=O)[O-]. The van der Waals surface area contributed by atoms with E-state index in [-0.39, 0.29) is 16.8 Å². The molecule has 2 rings (SSSR count). The second kappa shape index (κ2) is 7.76. The highest BCUT2D eigenvalue weighted by Crippen LogP contribution is 2.23. The first-order valence-electron chi connectivity index (χ1n) is 7.29. The van der Waals surface area contributed by atoms with Crippen LogP contribution in [-0.2, 0) is 4.79 Å². The molecule has 0 unspecified atom stereocenters. The summed E-state index contributed by atoms with van der Waals surface area (Å²) < 4.78 is 0. The molecule has 130 valence electrons. The number of nitrogens with one attached hydrogen (secondary N) is 1. The van der Waals surface area contributed by atoms with E-state index in [1.54, 1.807) is 24.3 Å². The van der Waals surface area contributed by atoms with Crippen LogP contribution in [0.4, 0.5) is 5.69 Å². The third-order valence-corrected chi connectivity index (χ3v) is 3.95. The summed E-state index contributed by atoms with van der Waals surface area (Å²) in [5, 5.41) is 25.0. The van der Waals surface area contributed by atoms with Crippen LogP contribution >= 0.6 is 11.6 Å². The average molecular weight is 362 g/mol. The maximum atomic E-state index is 12.5. The number of rotatable bonds is 6. The van der Waals surface area contributed by atoms with Crippen molar-refractivity contribution in [2.24, 2.45) is 0 Å². The van der Waals surface area contributed by atoms with Gasteiger partial charge in [-0.1, -0.05) is 29.8 Å². The van der Waals surface area contributed by atoms with Gasteiger partial charge in [-0.25, -0.2) is 0 Å². The lowest BCUT2D eigenvalue weighted by atomic mass is 10.0. The molecule has 2 aromatic rings. The van der Waals surface area contributed by atoms with Gasteiger partial charge in [0.05, 0.1) is 11.0 Å². The first-order chi connectivity index (χ1) is 11.8. The number of nitro groups is 1. The van der Waals surface area contributed by atoms with Crippen LogP contribution in [0.1, 0.15) is 33.9 Å². The Morgan fingerprint density at radius 2 is 1.84 bits per heavy atom. The van der Waals surface area contributed by atoms with E-state index in [9.17, 15) is 24.8 Å². The summed E-state index contributed by atoms with van der Waals surface area (Å²) in [5.74, 6) is -1.95. The van der Waals surface area contributed by atoms with Crippen LogP contribution < -0.4 is 10.4 Å². The molecule has 0 saturated heterocycles. The molecular weight excluding hydrogens is 348 g/mol. The monoisotopic (exact) mass is 361 g/mol.